The van der Waals surface area contributed by atoms with Crippen LogP contribution in [0.25, 0.3) is 0 Å². The van der Waals surface area contributed by atoms with E-state index >= 15 is 0 Å². The van der Waals surface area contributed by atoms with E-state index in [9.17, 15) is 21.4 Å². The van der Waals surface area contributed by atoms with Crippen molar-refractivity contribution in [2.75, 3.05) is 0 Å². The maximum absolute atomic E-state index is 13.4. The molecule has 0 aliphatic rings. The van der Waals surface area contributed by atoms with Gasteiger partial charge in [0, 0.05) is 0 Å². The smallest absolute Gasteiger partial charge is 0.339 e. The minimum Gasteiger partial charge on any atom is -0.744 e. The average molecular weight is 565 g/mol. The zero-order chi connectivity index (χ0) is 23.0. The molecule has 2 aromatic rings. The molecule has 0 aromatic heterocycles. The van der Waals surface area contributed by atoms with Crippen LogP contribution in [0.3, 0.4) is 0 Å². The van der Waals surface area contributed by atoms with Crippen LogP contribution in [0.5, 0.6) is 5.75 Å². The summed E-state index contributed by atoms with van der Waals surface area (Å²) in [6, 6.07) is 7.16. The highest BCUT2D eigenvalue weighted by Gasteiger charge is 2.29. The van der Waals surface area contributed by atoms with Gasteiger partial charge in [0.1, 0.15) is 15.0 Å². The lowest BCUT2D eigenvalue weighted by molar-refractivity contribution is 0.462. The second kappa shape index (κ2) is 9.13. The van der Waals surface area contributed by atoms with E-state index in [1.165, 1.54) is 6.07 Å². The quantitative estimate of drug-likeness (QED) is 0.256. The van der Waals surface area contributed by atoms with E-state index in [1.54, 1.807) is 22.6 Å². The lowest BCUT2D eigenvalue weighted by atomic mass is 9.89. The van der Waals surface area contributed by atoms with Crippen LogP contribution in [-0.4, -0.2) is 21.4 Å². The summed E-state index contributed by atoms with van der Waals surface area (Å²) in [6.45, 7) is 11.8. The number of rotatable bonds is 7. The normalized spacial score (nSPS) is 12.8. The van der Waals surface area contributed by atoms with E-state index in [2.05, 4.69) is 13.8 Å². The predicted molar refractivity (Wildman–Crippen MR) is 124 cm³/mol. The molecule has 6 nitrogen and oxygen atoms in total. The highest BCUT2D eigenvalue weighted by atomic mass is 127. The van der Waals surface area contributed by atoms with Crippen molar-refractivity contribution < 1.29 is 25.6 Å². The van der Waals surface area contributed by atoms with Crippen molar-refractivity contribution in [3.63, 3.8) is 0 Å². The number of hydrogen-bond donors (Lipinski definition) is 0. The van der Waals surface area contributed by atoms with Crippen molar-refractivity contribution in [3.8, 4) is 5.75 Å². The minimum absolute atomic E-state index is 0.0275. The van der Waals surface area contributed by atoms with E-state index in [1.807, 2.05) is 39.8 Å². The van der Waals surface area contributed by atoms with Gasteiger partial charge in [-0.05, 0) is 75.2 Å². The van der Waals surface area contributed by atoms with Crippen LogP contribution in [0.15, 0.2) is 40.1 Å². The molecule has 0 spiro atoms. The largest absolute Gasteiger partial charge is 0.744 e. The van der Waals surface area contributed by atoms with Crippen molar-refractivity contribution in [1.29, 1.82) is 0 Å². The van der Waals surface area contributed by atoms with Gasteiger partial charge in [-0.15, -0.1) is 0 Å². The van der Waals surface area contributed by atoms with Crippen molar-refractivity contribution in [2.45, 2.75) is 69.1 Å². The Balaban J connectivity index is 2.67. The van der Waals surface area contributed by atoms with E-state index in [0.717, 1.165) is 17.7 Å². The maximum atomic E-state index is 13.4. The molecular formula is C21H26IO6S2-. The molecule has 30 heavy (non-hydrogen) atoms. The fourth-order valence-corrected chi connectivity index (χ4v) is 6.16. The molecule has 0 saturated heterocycles. The van der Waals surface area contributed by atoms with Gasteiger partial charge in [-0.2, -0.15) is 8.42 Å². The summed E-state index contributed by atoms with van der Waals surface area (Å²) < 4.78 is 66.0. The lowest BCUT2D eigenvalue weighted by Crippen LogP contribution is -2.17. The lowest BCUT2D eigenvalue weighted by Gasteiger charge is -2.22. The first-order valence-electron chi connectivity index (χ1n) is 9.52. The first-order chi connectivity index (χ1) is 13.6. The molecule has 0 heterocycles. The Hall–Kier alpha value is -1.17. The fraction of sp³-hybridized carbons (Fsp3) is 0.429. The Morgan fingerprint density at radius 3 is 1.70 bits per heavy atom. The fourth-order valence-electron chi connectivity index (χ4n) is 3.04. The van der Waals surface area contributed by atoms with Gasteiger partial charge in [0.05, 0.1) is 8.47 Å². The molecule has 0 amide bonds. The molecule has 0 fully saturated rings. The van der Waals surface area contributed by atoms with Gasteiger partial charge < -0.3 is 8.74 Å². The first-order valence-corrected chi connectivity index (χ1v) is 13.4. The molecule has 0 unspecified atom stereocenters. The van der Waals surface area contributed by atoms with E-state index in [4.69, 9.17) is 4.18 Å². The van der Waals surface area contributed by atoms with Crippen LogP contribution in [0, 0.1) is 3.57 Å². The predicted octanol–water partition coefficient (Wildman–Crippen LogP) is 5.33. The standard InChI is InChI=1S/C21H27IO6S2/c1-12(2)15-9-17(13(3)4)21(18(10-15)14(5)6)30(26,27)28-20-8-7-16(11-19(20)22)29(23,24)25/h7-14H,1-6H3,(H,23,24,25)/p-1. The van der Waals surface area contributed by atoms with Gasteiger partial charge in [-0.1, -0.05) is 53.7 Å². The Morgan fingerprint density at radius 1 is 0.833 bits per heavy atom. The van der Waals surface area contributed by atoms with E-state index < -0.39 is 25.1 Å². The van der Waals surface area contributed by atoms with Crippen molar-refractivity contribution in [1.82, 2.24) is 0 Å². The number of hydrogen-bond acceptors (Lipinski definition) is 6. The molecule has 166 valence electrons. The van der Waals surface area contributed by atoms with Gasteiger partial charge in [-0.25, -0.2) is 8.42 Å². The summed E-state index contributed by atoms with van der Waals surface area (Å²) >= 11 is 1.75. The summed E-state index contributed by atoms with van der Waals surface area (Å²) in [6.07, 6.45) is 0. The molecule has 2 rings (SSSR count). The molecule has 9 heteroatoms. The third-order valence-corrected chi connectivity index (χ3v) is 7.77. The Morgan fingerprint density at radius 2 is 1.33 bits per heavy atom. The monoisotopic (exact) mass is 565 g/mol. The molecule has 0 atom stereocenters. The van der Waals surface area contributed by atoms with Gasteiger partial charge in [-0.3, -0.25) is 0 Å². The first kappa shape index (κ1) is 25.1. The third-order valence-electron chi connectivity index (χ3n) is 4.72. The Bertz CT molecular complexity index is 1120. The zero-order valence-corrected chi connectivity index (χ0v) is 21.6. The summed E-state index contributed by atoms with van der Waals surface area (Å²) in [5.41, 5.74) is 2.42. The second-order valence-electron chi connectivity index (χ2n) is 8.08. The Labute approximate surface area is 193 Å². The molecule has 0 saturated carbocycles. The molecule has 0 N–H and O–H groups in total. The molecule has 0 bridgehead atoms. The molecular weight excluding hydrogens is 539 g/mol. The minimum atomic E-state index is -4.65. The van der Waals surface area contributed by atoms with Gasteiger partial charge >= 0.3 is 10.1 Å². The van der Waals surface area contributed by atoms with Crippen LogP contribution < -0.4 is 4.18 Å². The van der Waals surface area contributed by atoms with Crippen LogP contribution in [0.4, 0.5) is 0 Å². The van der Waals surface area contributed by atoms with Crippen molar-refractivity contribution in [3.05, 3.63) is 50.6 Å². The third kappa shape index (κ3) is 5.54. The Kier molecular flexibility index (Phi) is 7.64. The SMILES string of the molecule is CC(C)c1cc(C(C)C)c(S(=O)(=O)Oc2ccc(S(=O)(=O)[O-])cc2I)c(C(C)C)c1. The average Bonchev–Trinajstić information content (AvgIpc) is 2.60. The zero-order valence-electron chi connectivity index (χ0n) is 17.8. The van der Waals surface area contributed by atoms with Gasteiger partial charge in [0.25, 0.3) is 0 Å². The van der Waals surface area contributed by atoms with Crippen LogP contribution >= 0.6 is 22.6 Å². The van der Waals surface area contributed by atoms with Gasteiger partial charge in [0.15, 0.2) is 5.75 Å². The molecule has 0 aliphatic heterocycles. The molecule has 0 radical (unpaired) electrons. The molecule has 2 aromatic carbocycles. The topological polar surface area (TPSA) is 101 Å². The van der Waals surface area contributed by atoms with Crippen molar-refractivity contribution >= 4 is 42.8 Å². The van der Waals surface area contributed by atoms with Gasteiger partial charge in [0.2, 0.25) is 0 Å². The maximum Gasteiger partial charge on any atom is 0.339 e. The number of benzene rings is 2. The van der Waals surface area contributed by atoms with E-state index in [0.29, 0.717) is 11.1 Å². The summed E-state index contributed by atoms with van der Waals surface area (Å²) in [5, 5.41) is 0. The van der Waals surface area contributed by atoms with E-state index in [-0.39, 0.29) is 32.0 Å². The number of halogens is 1. The van der Waals surface area contributed by atoms with Crippen molar-refractivity contribution in [2.24, 2.45) is 0 Å². The summed E-state index contributed by atoms with van der Waals surface area (Å²) in [7, 11) is -8.86. The summed E-state index contributed by atoms with van der Waals surface area (Å²) in [5.74, 6) is 0.101. The second-order valence-corrected chi connectivity index (χ2v) is 12.1. The van der Waals surface area contributed by atoms with Crippen LogP contribution in [0.2, 0.25) is 0 Å². The summed E-state index contributed by atoms with van der Waals surface area (Å²) in [4.78, 5) is -0.295. The van der Waals surface area contributed by atoms with Crippen LogP contribution in [-0.2, 0) is 20.2 Å². The molecule has 0 aliphatic carbocycles. The van der Waals surface area contributed by atoms with Crippen LogP contribution in [0.1, 0.15) is 76.0 Å². The highest BCUT2D eigenvalue weighted by Crippen LogP contribution is 2.37. The highest BCUT2D eigenvalue weighted by molar-refractivity contribution is 14.1.